The Hall–Kier alpha value is -1.58. The van der Waals surface area contributed by atoms with Crippen molar-refractivity contribution in [3.63, 3.8) is 0 Å². The van der Waals surface area contributed by atoms with E-state index in [0.29, 0.717) is 11.9 Å². The molecule has 1 heterocycles. The van der Waals surface area contributed by atoms with Gasteiger partial charge in [0.1, 0.15) is 11.6 Å². The molecular weight excluding hydrogens is 176 g/mol. The highest BCUT2D eigenvalue weighted by Gasteiger charge is 2.10. The summed E-state index contributed by atoms with van der Waals surface area (Å²) in [6.45, 7) is 8.64. The maximum absolute atomic E-state index is 5.57. The maximum atomic E-state index is 5.57. The number of hydrogen-bond acceptors (Lipinski definition) is 4. The molecule has 0 saturated heterocycles. The van der Waals surface area contributed by atoms with Gasteiger partial charge in [-0.3, -0.25) is 4.98 Å². The maximum Gasteiger partial charge on any atom is 0.150 e. The molecule has 1 aromatic rings. The predicted molar refractivity (Wildman–Crippen MR) is 59.1 cm³/mol. The Morgan fingerprint density at radius 3 is 2.79 bits per heavy atom. The molecule has 1 rings (SSSR count). The molecule has 0 aliphatic carbocycles. The minimum Gasteiger partial charge on any atom is -0.382 e. The van der Waals surface area contributed by atoms with Crippen LogP contribution in [-0.4, -0.2) is 22.6 Å². The number of aromatic nitrogens is 2. The first kappa shape index (κ1) is 10.5. The van der Waals surface area contributed by atoms with Gasteiger partial charge in [0.25, 0.3) is 0 Å². The highest BCUT2D eigenvalue weighted by Crippen LogP contribution is 2.13. The molecule has 0 aromatic carbocycles. The van der Waals surface area contributed by atoms with Crippen LogP contribution in [0.15, 0.2) is 25.0 Å². The molecule has 1 aromatic heterocycles. The van der Waals surface area contributed by atoms with Crippen LogP contribution in [0.3, 0.4) is 0 Å². The normalized spacial score (nSPS) is 10.2. The molecule has 0 radical (unpaired) electrons. The van der Waals surface area contributed by atoms with E-state index in [0.717, 1.165) is 12.4 Å². The molecule has 76 valence electrons. The van der Waals surface area contributed by atoms with Gasteiger partial charge in [-0.05, 0) is 13.8 Å². The number of nitrogens with two attached hydrogens (primary N) is 1. The molecule has 0 unspecified atom stereocenters. The van der Waals surface area contributed by atoms with E-state index >= 15 is 0 Å². The minimum atomic E-state index is 0.351. The van der Waals surface area contributed by atoms with Crippen molar-refractivity contribution in [2.24, 2.45) is 0 Å². The van der Waals surface area contributed by atoms with E-state index in [2.05, 4.69) is 35.3 Å². The van der Waals surface area contributed by atoms with Crippen molar-refractivity contribution in [1.29, 1.82) is 0 Å². The van der Waals surface area contributed by atoms with E-state index in [4.69, 9.17) is 5.73 Å². The first-order valence-corrected chi connectivity index (χ1v) is 4.60. The largest absolute Gasteiger partial charge is 0.382 e. The molecule has 0 bridgehead atoms. The van der Waals surface area contributed by atoms with Crippen molar-refractivity contribution in [2.75, 3.05) is 17.2 Å². The number of anilines is 2. The van der Waals surface area contributed by atoms with E-state index < -0.39 is 0 Å². The van der Waals surface area contributed by atoms with E-state index in [1.807, 2.05) is 6.08 Å². The average molecular weight is 192 g/mol. The topological polar surface area (TPSA) is 55.0 Å². The van der Waals surface area contributed by atoms with Gasteiger partial charge in [0.15, 0.2) is 0 Å². The summed E-state index contributed by atoms with van der Waals surface area (Å²) in [7, 11) is 0. The lowest BCUT2D eigenvalue weighted by atomic mass is 10.3. The Labute approximate surface area is 84.5 Å². The van der Waals surface area contributed by atoms with E-state index in [1.165, 1.54) is 6.20 Å². The third-order valence-corrected chi connectivity index (χ3v) is 1.88. The molecule has 14 heavy (non-hydrogen) atoms. The smallest absolute Gasteiger partial charge is 0.150 e. The van der Waals surface area contributed by atoms with Gasteiger partial charge >= 0.3 is 0 Å². The lowest BCUT2D eigenvalue weighted by Crippen LogP contribution is -2.31. The van der Waals surface area contributed by atoms with Crippen LogP contribution in [0, 0.1) is 0 Å². The quantitative estimate of drug-likeness (QED) is 0.734. The van der Waals surface area contributed by atoms with Crippen LogP contribution < -0.4 is 10.6 Å². The molecule has 0 spiro atoms. The number of hydrogen-bond donors (Lipinski definition) is 1. The summed E-state index contributed by atoms with van der Waals surface area (Å²) in [5.41, 5.74) is 5.57. The third kappa shape index (κ3) is 2.45. The molecule has 4 nitrogen and oxygen atoms in total. The summed E-state index contributed by atoms with van der Waals surface area (Å²) in [4.78, 5) is 10.3. The summed E-state index contributed by atoms with van der Waals surface area (Å²) in [6, 6.07) is 0.351. The molecule has 0 aliphatic rings. The van der Waals surface area contributed by atoms with Crippen LogP contribution in [0.25, 0.3) is 0 Å². The Morgan fingerprint density at radius 1 is 1.57 bits per heavy atom. The molecular formula is C10H16N4. The summed E-state index contributed by atoms with van der Waals surface area (Å²) >= 11 is 0. The van der Waals surface area contributed by atoms with E-state index in [1.54, 1.807) is 6.20 Å². The van der Waals surface area contributed by atoms with Gasteiger partial charge in [-0.15, -0.1) is 6.58 Å². The lowest BCUT2D eigenvalue weighted by Gasteiger charge is -2.26. The second-order valence-electron chi connectivity index (χ2n) is 3.34. The third-order valence-electron chi connectivity index (χ3n) is 1.88. The fraction of sp³-hybridized carbons (Fsp3) is 0.400. The zero-order valence-electron chi connectivity index (χ0n) is 8.64. The first-order chi connectivity index (χ1) is 6.65. The molecule has 0 fully saturated rings. The summed E-state index contributed by atoms with van der Waals surface area (Å²) in [5, 5.41) is 0. The Kier molecular flexibility index (Phi) is 3.45. The number of nitrogens with zero attached hydrogens (tertiary/aromatic N) is 3. The Balaban J connectivity index is 2.92. The van der Waals surface area contributed by atoms with Gasteiger partial charge in [0.2, 0.25) is 0 Å². The highest BCUT2D eigenvalue weighted by atomic mass is 15.2. The lowest BCUT2D eigenvalue weighted by molar-refractivity contribution is 0.711. The highest BCUT2D eigenvalue weighted by molar-refractivity contribution is 5.42. The van der Waals surface area contributed by atoms with E-state index in [9.17, 15) is 0 Å². The molecule has 4 heteroatoms. The summed E-state index contributed by atoms with van der Waals surface area (Å²) in [6.07, 6.45) is 5.08. The monoisotopic (exact) mass is 192 g/mol. The van der Waals surface area contributed by atoms with Crippen LogP contribution in [0.1, 0.15) is 13.8 Å². The molecule has 0 atom stereocenters. The van der Waals surface area contributed by atoms with Crippen molar-refractivity contribution in [2.45, 2.75) is 19.9 Å². The van der Waals surface area contributed by atoms with Crippen molar-refractivity contribution >= 4 is 11.6 Å². The summed E-state index contributed by atoms with van der Waals surface area (Å²) < 4.78 is 0. The van der Waals surface area contributed by atoms with Crippen molar-refractivity contribution < 1.29 is 0 Å². The van der Waals surface area contributed by atoms with Crippen LogP contribution in [0.4, 0.5) is 11.6 Å². The van der Waals surface area contributed by atoms with Crippen molar-refractivity contribution in [3.8, 4) is 0 Å². The molecule has 2 N–H and O–H groups in total. The molecule has 0 aliphatic heterocycles. The van der Waals surface area contributed by atoms with Gasteiger partial charge < -0.3 is 10.6 Å². The fourth-order valence-electron chi connectivity index (χ4n) is 1.22. The zero-order valence-corrected chi connectivity index (χ0v) is 8.64. The van der Waals surface area contributed by atoms with E-state index in [-0.39, 0.29) is 0 Å². The predicted octanol–water partition coefficient (Wildman–Crippen LogP) is 1.46. The Bertz CT molecular complexity index is 309. The SMILES string of the molecule is C=CCN(c1cncc(N)n1)C(C)C. The van der Waals surface area contributed by atoms with Crippen molar-refractivity contribution in [1.82, 2.24) is 9.97 Å². The van der Waals surface area contributed by atoms with Crippen LogP contribution >= 0.6 is 0 Å². The second kappa shape index (κ2) is 4.60. The fourth-order valence-corrected chi connectivity index (χ4v) is 1.22. The average Bonchev–Trinajstić information content (AvgIpc) is 2.13. The van der Waals surface area contributed by atoms with Gasteiger partial charge in [-0.1, -0.05) is 6.08 Å². The first-order valence-electron chi connectivity index (χ1n) is 4.60. The van der Waals surface area contributed by atoms with Gasteiger partial charge in [0, 0.05) is 12.6 Å². The van der Waals surface area contributed by atoms with Crippen LogP contribution in [0.2, 0.25) is 0 Å². The standard InChI is InChI=1S/C10H16N4/c1-4-5-14(8(2)3)10-7-12-6-9(11)13-10/h4,6-8H,1,5H2,2-3H3,(H2,11,13). The number of rotatable bonds is 4. The molecule has 0 amide bonds. The van der Waals surface area contributed by atoms with Crippen molar-refractivity contribution in [3.05, 3.63) is 25.0 Å². The summed E-state index contributed by atoms with van der Waals surface area (Å²) in [5.74, 6) is 1.23. The van der Waals surface area contributed by atoms with Gasteiger partial charge in [-0.2, -0.15) is 0 Å². The number of nitrogen functional groups attached to an aromatic ring is 1. The Morgan fingerprint density at radius 2 is 2.29 bits per heavy atom. The van der Waals surface area contributed by atoms with Gasteiger partial charge in [-0.25, -0.2) is 4.98 Å². The van der Waals surface area contributed by atoms with Crippen LogP contribution in [-0.2, 0) is 0 Å². The second-order valence-corrected chi connectivity index (χ2v) is 3.34. The molecule has 0 saturated carbocycles. The van der Waals surface area contributed by atoms with Crippen LogP contribution in [0.5, 0.6) is 0 Å². The zero-order chi connectivity index (χ0) is 10.6. The minimum absolute atomic E-state index is 0.351. The van der Waals surface area contributed by atoms with Gasteiger partial charge in [0.05, 0.1) is 12.4 Å².